The molecule has 35 heavy (non-hydrogen) atoms. The van der Waals surface area contributed by atoms with Gasteiger partial charge < -0.3 is 10.2 Å². The Kier molecular flexibility index (Phi) is 5.39. The molecule has 0 amide bonds. The summed E-state index contributed by atoms with van der Waals surface area (Å²) in [5.74, 6) is 1.14. The van der Waals surface area contributed by atoms with E-state index in [1.807, 2.05) is 24.3 Å². The number of rotatable bonds is 6. The highest BCUT2D eigenvalue weighted by molar-refractivity contribution is 6.32. The van der Waals surface area contributed by atoms with E-state index >= 15 is 0 Å². The molecule has 176 valence electrons. The van der Waals surface area contributed by atoms with E-state index in [-0.39, 0.29) is 5.54 Å². The van der Waals surface area contributed by atoms with E-state index in [1.54, 1.807) is 12.5 Å². The van der Waals surface area contributed by atoms with Crippen molar-refractivity contribution in [3.63, 3.8) is 0 Å². The zero-order chi connectivity index (χ0) is 24.0. The van der Waals surface area contributed by atoms with Gasteiger partial charge in [0, 0.05) is 22.5 Å². The first-order valence-electron chi connectivity index (χ1n) is 11.7. The highest BCUT2D eigenvalue weighted by Gasteiger charge is 2.46. The maximum Gasteiger partial charge on any atom is 0.160 e. The van der Waals surface area contributed by atoms with Gasteiger partial charge in [0.05, 0.1) is 28.3 Å². The second-order valence-electron chi connectivity index (χ2n) is 9.73. The number of anilines is 1. The van der Waals surface area contributed by atoms with Gasteiger partial charge in [-0.2, -0.15) is 5.10 Å². The SMILES string of the molecule is CN(C)CC1(Nc2ncnc3[nH]ncc23)CC(c2cc3nc(-c4ccccc4)ccc3cc2Cl)C1. The largest absolute Gasteiger partial charge is 0.363 e. The number of aromatic nitrogens is 5. The van der Waals surface area contributed by atoms with Crippen LogP contribution in [0.15, 0.2) is 67.1 Å². The Morgan fingerprint density at radius 2 is 1.91 bits per heavy atom. The molecule has 0 unspecified atom stereocenters. The minimum atomic E-state index is -0.121. The van der Waals surface area contributed by atoms with Crippen molar-refractivity contribution in [2.45, 2.75) is 24.3 Å². The van der Waals surface area contributed by atoms with Crippen LogP contribution in [0.4, 0.5) is 5.82 Å². The van der Waals surface area contributed by atoms with Gasteiger partial charge in [-0.25, -0.2) is 15.0 Å². The number of nitrogens with zero attached hydrogens (tertiary/aromatic N) is 5. The van der Waals surface area contributed by atoms with E-state index in [0.29, 0.717) is 5.92 Å². The normalized spacial score (nSPS) is 19.8. The van der Waals surface area contributed by atoms with Crippen molar-refractivity contribution in [3.05, 3.63) is 77.7 Å². The Labute approximate surface area is 208 Å². The lowest BCUT2D eigenvalue weighted by Crippen LogP contribution is -2.55. The number of fused-ring (bicyclic) bond motifs is 2. The first-order chi connectivity index (χ1) is 17.0. The van der Waals surface area contributed by atoms with Gasteiger partial charge in [0.15, 0.2) is 5.65 Å². The van der Waals surface area contributed by atoms with Crippen LogP contribution >= 0.6 is 11.6 Å². The Morgan fingerprint density at radius 1 is 1.09 bits per heavy atom. The smallest absolute Gasteiger partial charge is 0.160 e. The number of pyridine rings is 1. The van der Waals surface area contributed by atoms with Crippen molar-refractivity contribution >= 4 is 39.4 Å². The number of hydrogen-bond acceptors (Lipinski definition) is 6. The van der Waals surface area contributed by atoms with Crippen LogP contribution < -0.4 is 5.32 Å². The highest BCUT2D eigenvalue weighted by atomic mass is 35.5. The molecular formula is C27H26ClN7. The predicted octanol–water partition coefficient (Wildman–Crippen LogP) is 5.51. The van der Waals surface area contributed by atoms with E-state index in [2.05, 4.69) is 74.8 Å². The lowest BCUT2D eigenvalue weighted by atomic mass is 9.65. The van der Waals surface area contributed by atoms with Crippen molar-refractivity contribution in [1.82, 2.24) is 30.0 Å². The summed E-state index contributed by atoms with van der Waals surface area (Å²) in [4.78, 5) is 15.9. The molecule has 3 heterocycles. The molecule has 8 heteroatoms. The second-order valence-corrected chi connectivity index (χ2v) is 10.1. The molecule has 5 aromatic rings. The summed E-state index contributed by atoms with van der Waals surface area (Å²) in [5.41, 5.74) is 4.82. The summed E-state index contributed by atoms with van der Waals surface area (Å²) in [6, 6.07) is 18.6. The van der Waals surface area contributed by atoms with Crippen molar-refractivity contribution in [2.75, 3.05) is 26.0 Å². The van der Waals surface area contributed by atoms with Gasteiger partial charge in [-0.05, 0) is 56.6 Å². The molecular weight excluding hydrogens is 458 g/mol. The average molecular weight is 484 g/mol. The Morgan fingerprint density at radius 3 is 2.71 bits per heavy atom. The van der Waals surface area contributed by atoms with Crippen LogP contribution in [0.1, 0.15) is 24.3 Å². The van der Waals surface area contributed by atoms with E-state index in [0.717, 1.165) is 69.0 Å². The van der Waals surface area contributed by atoms with Crippen LogP contribution in [0.25, 0.3) is 33.2 Å². The number of aromatic amines is 1. The van der Waals surface area contributed by atoms with E-state index in [4.69, 9.17) is 16.6 Å². The molecule has 0 saturated heterocycles. The molecule has 0 atom stereocenters. The fraction of sp³-hybridized carbons (Fsp3) is 0.259. The molecule has 7 nitrogen and oxygen atoms in total. The van der Waals surface area contributed by atoms with Gasteiger partial charge in [-0.3, -0.25) is 5.10 Å². The molecule has 2 aromatic carbocycles. The lowest BCUT2D eigenvalue weighted by Gasteiger charge is -2.50. The maximum atomic E-state index is 6.80. The van der Waals surface area contributed by atoms with Crippen molar-refractivity contribution in [2.24, 2.45) is 0 Å². The van der Waals surface area contributed by atoms with Crippen molar-refractivity contribution in [3.8, 4) is 11.3 Å². The summed E-state index contributed by atoms with van der Waals surface area (Å²) < 4.78 is 0. The quantitative estimate of drug-likeness (QED) is 0.331. The molecule has 0 bridgehead atoms. The molecule has 1 aliphatic rings. The highest BCUT2D eigenvalue weighted by Crippen LogP contribution is 2.49. The zero-order valence-electron chi connectivity index (χ0n) is 19.7. The van der Waals surface area contributed by atoms with Crippen LogP contribution in [0.3, 0.4) is 0 Å². The maximum absolute atomic E-state index is 6.80. The van der Waals surface area contributed by atoms with Gasteiger partial charge in [0.2, 0.25) is 0 Å². The molecule has 2 N–H and O–H groups in total. The first kappa shape index (κ1) is 21.9. The molecule has 6 rings (SSSR count). The van der Waals surface area contributed by atoms with E-state index in [1.165, 1.54) is 0 Å². The third-order valence-electron chi connectivity index (χ3n) is 6.84. The summed E-state index contributed by atoms with van der Waals surface area (Å²) in [6.07, 6.45) is 5.22. The minimum Gasteiger partial charge on any atom is -0.363 e. The number of H-pyrrole nitrogens is 1. The van der Waals surface area contributed by atoms with Gasteiger partial charge >= 0.3 is 0 Å². The van der Waals surface area contributed by atoms with Crippen molar-refractivity contribution in [1.29, 1.82) is 0 Å². The Hall–Kier alpha value is -3.55. The van der Waals surface area contributed by atoms with Gasteiger partial charge in [0.25, 0.3) is 0 Å². The lowest BCUT2D eigenvalue weighted by molar-refractivity contribution is 0.176. The van der Waals surface area contributed by atoms with Crippen molar-refractivity contribution < 1.29 is 0 Å². The number of likely N-dealkylation sites (N-methyl/N-ethyl adjacent to an activating group) is 1. The molecule has 0 aliphatic heterocycles. The number of halogens is 1. The fourth-order valence-electron chi connectivity index (χ4n) is 5.34. The monoisotopic (exact) mass is 483 g/mol. The van der Waals surface area contributed by atoms with E-state index in [9.17, 15) is 0 Å². The third-order valence-corrected chi connectivity index (χ3v) is 7.17. The van der Waals surface area contributed by atoms with Crippen LogP contribution in [-0.4, -0.2) is 56.2 Å². The topological polar surface area (TPSA) is 82.6 Å². The molecule has 3 aromatic heterocycles. The molecule has 0 spiro atoms. The Balaban J connectivity index is 1.31. The molecule has 1 aliphatic carbocycles. The number of hydrogen-bond donors (Lipinski definition) is 2. The summed E-state index contributed by atoms with van der Waals surface area (Å²) in [5, 5.41) is 13.5. The second kappa shape index (κ2) is 8.59. The number of benzene rings is 2. The fourth-order valence-corrected chi connectivity index (χ4v) is 5.66. The summed E-state index contributed by atoms with van der Waals surface area (Å²) in [6.45, 7) is 0.883. The van der Waals surface area contributed by atoms with Gasteiger partial charge in [-0.15, -0.1) is 0 Å². The van der Waals surface area contributed by atoms with Crippen LogP contribution in [0, 0.1) is 0 Å². The Bertz CT molecular complexity index is 1510. The third kappa shape index (κ3) is 4.11. The van der Waals surface area contributed by atoms with Gasteiger partial charge in [0.1, 0.15) is 12.1 Å². The van der Waals surface area contributed by atoms with Crippen LogP contribution in [0.2, 0.25) is 5.02 Å². The molecule has 1 fully saturated rings. The number of nitrogens with one attached hydrogen (secondary N) is 2. The van der Waals surface area contributed by atoms with E-state index < -0.39 is 0 Å². The zero-order valence-corrected chi connectivity index (χ0v) is 20.4. The average Bonchev–Trinajstić information content (AvgIpc) is 3.32. The minimum absolute atomic E-state index is 0.121. The first-order valence-corrected chi connectivity index (χ1v) is 12.1. The van der Waals surface area contributed by atoms with Crippen LogP contribution in [-0.2, 0) is 0 Å². The standard InChI is InChI=1S/C27H26ClN7/c1-35(2)15-27(33-25-21-14-31-34-26(21)30-16-29-25)12-19(13-27)20-11-24-18(10-22(20)28)8-9-23(32-24)17-6-4-3-5-7-17/h3-11,14,16,19H,12-13,15H2,1-2H3,(H2,29,30,31,33,34). The van der Waals surface area contributed by atoms with Gasteiger partial charge in [-0.1, -0.05) is 48.0 Å². The summed E-state index contributed by atoms with van der Waals surface area (Å²) in [7, 11) is 4.20. The predicted molar refractivity (Wildman–Crippen MR) is 141 cm³/mol. The summed E-state index contributed by atoms with van der Waals surface area (Å²) >= 11 is 6.80. The van der Waals surface area contributed by atoms with Crippen LogP contribution in [0.5, 0.6) is 0 Å². The molecule has 0 radical (unpaired) electrons. The molecule has 1 saturated carbocycles.